The average Bonchev–Trinajstić information content (AvgIpc) is 2.92. The molecule has 2 rings (SSSR count). The fraction of sp³-hybridized carbons (Fsp3) is 0.500. The molecule has 2 aromatic rings. The molecule has 0 spiro atoms. The molecule has 0 aliphatic rings. The predicted octanol–water partition coefficient (Wildman–Crippen LogP) is 3.18. The lowest BCUT2D eigenvalue weighted by molar-refractivity contribution is 0.317. The summed E-state index contributed by atoms with van der Waals surface area (Å²) in [4.78, 5) is 0. The highest BCUT2D eigenvalue weighted by Gasteiger charge is 2.04. The Labute approximate surface area is 120 Å². The summed E-state index contributed by atoms with van der Waals surface area (Å²) in [5.74, 6) is 0.963. The SMILES string of the molecule is CCCOc1ccc(CCc2cn(CC)nn2)c(C)c1. The van der Waals surface area contributed by atoms with Gasteiger partial charge in [-0.25, -0.2) is 0 Å². The number of benzene rings is 1. The van der Waals surface area contributed by atoms with E-state index in [1.807, 2.05) is 10.9 Å². The summed E-state index contributed by atoms with van der Waals surface area (Å²) in [6.07, 6.45) is 4.97. The second-order valence-corrected chi connectivity index (χ2v) is 5.00. The van der Waals surface area contributed by atoms with Gasteiger partial charge in [0.2, 0.25) is 0 Å². The number of nitrogens with zero attached hydrogens (tertiary/aromatic N) is 3. The summed E-state index contributed by atoms with van der Waals surface area (Å²) in [6.45, 7) is 7.97. The van der Waals surface area contributed by atoms with E-state index in [2.05, 4.69) is 49.3 Å². The molecule has 4 heteroatoms. The Balaban J connectivity index is 1.95. The van der Waals surface area contributed by atoms with Crippen molar-refractivity contribution in [2.24, 2.45) is 0 Å². The van der Waals surface area contributed by atoms with Crippen molar-refractivity contribution in [1.82, 2.24) is 15.0 Å². The van der Waals surface area contributed by atoms with Gasteiger partial charge in [-0.05, 0) is 56.4 Å². The van der Waals surface area contributed by atoms with Crippen LogP contribution in [0.15, 0.2) is 24.4 Å². The van der Waals surface area contributed by atoms with E-state index < -0.39 is 0 Å². The van der Waals surface area contributed by atoms with Crippen LogP contribution in [0.2, 0.25) is 0 Å². The lowest BCUT2D eigenvalue weighted by atomic mass is 10.0. The number of hydrogen-bond acceptors (Lipinski definition) is 3. The first-order valence-electron chi connectivity index (χ1n) is 7.34. The van der Waals surface area contributed by atoms with Crippen LogP contribution < -0.4 is 4.74 Å². The predicted molar refractivity (Wildman–Crippen MR) is 80.1 cm³/mol. The van der Waals surface area contributed by atoms with Gasteiger partial charge < -0.3 is 4.74 Å². The number of rotatable bonds is 7. The van der Waals surface area contributed by atoms with E-state index in [0.29, 0.717) is 0 Å². The van der Waals surface area contributed by atoms with E-state index in [1.54, 1.807) is 0 Å². The molecule has 0 amide bonds. The molecule has 4 nitrogen and oxygen atoms in total. The van der Waals surface area contributed by atoms with Gasteiger partial charge in [-0.15, -0.1) is 5.10 Å². The van der Waals surface area contributed by atoms with Gasteiger partial charge in [0, 0.05) is 12.7 Å². The fourth-order valence-corrected chi connectivity index (χ4v) is 2.13. The van der Waals surface area contributed by atoms with Gasteiger partial charge in [-0.2, -0.15) is 0 Å². The minimum Gasteiger partial charge on any atom is -0.494 e. The summed E-state index contributed by atoms with van der Waals surface area (Å²) in [5.41, 5.74) is 3.68. The van der Waals surface area contributed by atoms with Crippen molar-refractivity contribution in [3.8, 4) is 5.75 Å². The second kappa shape index (κ2) is 7.08. The Morgan fingerprint density at radius 2 is 2.05 bits per heavy atom. The zero-order valence-electron chi connectivity index (χ0n) is 12.6. The van der Waals surface area contributed by atoms with Crippen molar-refractivity contribution in [3.63, 3.8) is 0 Å². The molecule has 0 aliphatic carbocycles. The minimum absolute atomic E-state index is 0.777. The molecular formula is C16H23N3O. The van der Waals surface area contributed by atoms with Crippen LogP contribution in [-0.4, -0.2) is 21.6 Å². The molecule has 0 unspecified atom stereocenters. The van der Waals surface area contributed by atoms with Crippen LogP contribution in [0.5, 0.6) is 5.75 Å². The van der Waals surface area contributed by atoms with Gasteiger partial charge in [0.15, 0.2) is 0 Å². The number of aromatic nitrogens is 3. The van der Waals surface area contributed by atoms with Crippen LogP contribution in [0.25, 0.3) is 0 Å². The fourth-order valence-electron chi connectivity index (χ4n) is 2.13. The van der Waals surface area contributed by atoms with Crippen LogP contribution in [-0.2, 0) is 19.4 Å². The molecule has 1 aromatic carbocycles. The molecule has 0 atom stereocenters. The number of hydrogen-bond donors (Lipinski definition) is 0. The Morgan fingerprint density at radius 1 is 1.20 bits per heavy atom. The van der Waals surface area contributed by atoms with Crippen LogP contribution in [0.3, 0.4) is 0 Å². The van der Waals surface area contributed by atoms with Crippen molar-refractivity contribution >= 4 is 0 Å². The zero-order chi connectivity index (χ0) is 14.4. The summed E-state index contributed by atoms with van der Waals surface area (Å²) < 4.78 is 7.51. The van der Waals surface area contributed by atoms with Gasteiger partial charge in [0.25, 0.3) is 0 Å². The standard InChI is InChI=1S/C16H23N3O/c1-4-10-20-16-9-7-14(13(3)11-16)6-8-15-12-19(5-2)18-17-15/h7,9,11-12H,4-6,8,10H2,1-3H3. The molecule has 20 heavy (non-hydrogen) atoms. The van der Waals surface area contributed by atoms with Gasteiger partial charge in [-0.3, -0.25) is 4.68 Å². The van der Waals surface area contributed by atoms with Gasteiger partial charge in [-0.1, -0.05) is 18.2 Å². The summed E-state index contributed by atoms with van der Waals surface area (Å²) in [7, 11) is 0. The highest BCUT2D eigenvalue weighted by Crippen LogP contribution is 2.18. The van der Waals surface area contributed by atoms with Crippen LogP contribution in [0.4, 0.5) is 0 Å². The smallest absolute Gasteiger partial charge is 0.119 e. The molecule has 0 saturated heterocycles. The Bertz CT molecular complexity index is 548. The molecule has 0 aliphatic heterocycles. The van der Waals surface area contributed by atoms with Crippen molar-refractivity contribution < 1.29 is 4.74 Å². The average molecular weight is 273 g/mol. The maximum atomic E-state index is 5.65. The largest absolute Gasteiger partial charge is 0.494 e. The summed E-state index contributed by atoms with van der Waals surface area (Å²) in [5, 5.41) is 8.24. The van der Waals surface area contributed by atoms with Gasteiger partial charge >= 0.3 is 0 Å². The molecule has 0 N–H and O–H groups in total. The topological polar surface area (TPSA) is 39.9 Å². The molecular weight excluding hydrogens is 250 g/mol. The molecule has 1 heterocycles. The third-order valence-corrected chi connectivity index (χ3v) is 3.35. The monoisotopic (exact) mass is 273 g/mol. The van der Waals surface area contributed by atoms with E-state index >= 15 is 0 Å². The Kier molecular flexibility index (Phi) is 5.16. The summed E-state index contributed by atoms with van der Waals surface area (Å²) >= 11 is 0. The third kappa shape index (κ3) is 3.83. The van der Waals surface area contributed by atoms with E-state index in [-0.39, 0.29) is 0 Å². The van der Waals surface area contributed by atoms with Crippen molar-refractivity contribution in [2.75, 3.05) is 6.61 Å². The van der Waals surface area contributed by atoms with Gasteiger partial charge in [0.05, 0.1) is 12.3 Å². The van der Waals surface area contributed by atoms with E-state index in [9.17, 15) is 0 Å². The first-order valence-corrected chi connectivity index (χ1v) is 7.34. The number of ether oxygens (including phenoxy) is 1. The molecule has 0 fully saturated rings. The van der Waals surface area contributed by atoms with Crippen LogP contribution in [0.1, 0.15) is 37.1 Å². The van der Waals surface area contributed by atoms with Crippen molar-refractivity contribution in [1.29, 1.82) is 0 Å². The maximum absolute atomic E-state index is 5.65. The van der Waals surface area contributed by atoms with Crippen molar-refractivity contribution in [2.45, 2.75) is 46.6 Å². The first-order chi connectivity index (χ1) is 9.72. The maximum Gasteiger partial charge on any atom is 0.119 e. The van der Waals surface area contributed by atoms with Crippen LogP contribution >= 0.6 is 0 Å². The minimum atomic E-state index is 0.777. The molecule has 108 valence electrons. The molecule has 0 bridgehead atoms. The Morgan fingerprint density at radius 3 is 2.70 bits per heavy atom. The van der Waals surface area contributed by atoms with E-state index in [4.69, 9.17) is 4.74 Å². The second-order valence-electron chi connectivity index (χ2n) is 5.00. The first kappa shape index (κ1) is 14.6. The van der Waals surface area contributed by atoms with E-state index in [1.165, 1.54) is 11.1 Å². The molecule has 0 saturated carbocycles. The highest BCUT2D eigenvalue weighted by molar-refractivity contribution is 5.35. The van der Waals surface area contributed by atoms with E-state index in [0.717, 1.165) is 43.9 Å². The lowest BCUT2D eigenvalue weighted by Gasteiger charge is -2.09. The lowest BCUT2D eigenvalue weighted by Crippen LogP contribution is -1.98. The quantitative estimate of drug-likeness (QED) is 0.778. The normalized spacial score (nSPS) is 10.8. The number of aryl methyl sites for hydroxylation is 4. The summed E-state index contributed by atoms with van der Waals surface area (Å²) in [6, 6.07) is 6.33. The zero-order valence-corrected chi connectivity index (χ0v) is 12.6. The molecule has 1 aromatic heterocycles. The molecule has 0 radical (unpaired) electrons. The van der Waals surface area contributed by atoms with Crippen LogP contribution in [0, 0.1) is 6.92 Å². The highest BCUT2D eigenvalue weighted by atomic mass is 16.5. The van der Waals surface area contributed by atoms with Crippen molar-refractivity contribution in [3.05, 3.63) is 41.2 Å². The Hall–Kier alpha value is -1.84. The third-order valence-electron chi connectivity index (χ3n) is 3.35. The van der Waals surface area contributed by atoms with Gasteiger partial charge in [0.1, 0.15) is 5.75 Å².